The van der Waals surface area contributed by atoms with Crippen LogP contribution in [0.25, 0.3) is 0 Å². The molecule has 1 aromatic carbocycles. The van der Waals surface area contributed by atoms with Crippen LogP contribution in [0.4, 0.5) is 0 Å². The van der Waals surface area contributed by atoms with E-state index in [1.54, 1.807) is 0 Å². The first-order chi connectivity index (χ1) is 8.15. The minimum absolute atomic E-state index is 0.433. The van der Waals surface area contributed by atoms with Gasteiger partial charge < -0.3 is 5.11 Å². The van der Waals surface area contributed by atoms with Gasteiger partial charge in [0.05, 0.1) is 0 Å². The van der Waals surface area contributed by atoms with E-state index in [4.69, 9.17) is 0 Å². The van der Waals surface area contributed by atoms with Gasteiger partial charge in [-0.1, -0.05) is 60.6 Å². The third kappa shape index (κ3) is 8.79. The molecule has 0 unspecified atom stereocenters. The number of phenolic OH excluding ortho intramolecular Hbond substituents is 1. The van der Waals surface area contributed by atoms with Crippen molar-refractivity contribution >= 4 is 0 Å². The smallest absolute Gasteiger partial charge is 0.121 e. The maximum absolute atomic E-state index is 9.43. The first kappa shape index (κ1) is 21.3. The molecule has 1 N–H and O–H groups in total. The van der Waals surface area contributed by atoms with Crippen LogP contribution in [0.3, 0.4) is 0 Å². The molecule has 0 fully saturated rings. The Balaban J connectivity index is -0.000000285. The van der Waals surface area contributed by atoms with E-state index in [2.05, 4.69) is 6.92 Å². The summed E-state index contributed by atoms with van der Waals surface area (Å²) in [5.41, 5.74) is 3.24. The molecular weight excluding hydrogens is 208 g/mol. The van der Waals surface area contributed by atoms with Gasteiger partial charge in [0, 0.05) is 0 Å². The second-order valence-electron chi connectivity index (χ2n) is 2.93. The average molecular weight is 240 g/mol. The lowest BCUT2D eigenvalue weighted by molar-refractivity contribution is 0.466. The zero-order valence-corrected chi connectivity index (χ0v) is 13.3. The quantitative estimate of drug-likeness (QED) is 0.672. The Morgan fingerprint density at radius 1 is 0.824 bits per heavy atom. The van der Waals surface area contributed by atoms with Gasteiger partial charge in [-0.05, 0) is 37.0 Å². The van der Waals surface area contributed by atoms with Crippen LogP contribution in [-0.4, -0.2) is 5.11 Å². The van der Waals surface area contributed by atoms with Crippen LogP contribution in [0.5, 0.6) is 5.75 Å². The summed E-state index contributed by atoms with van der Waals surface area (Å²) in [5, 5.41) is 9.43. The van der Waals surface area contributed by atoms with E-state index in [0.717, 1.165) is 17.5 Å². The number of benzene rings is 1. The van der Waals surface area contributed by atoms with Gasteiger partial charge in [-0.25, -0.2) is 0 Å². The Kier molecular flexibility index (Phi) is 18.8. The number of hydrogen-bond donors (Lipinski definition) is 1. The summed E-state index contributed by atoms with van der Waals surface area (Å²) in [6.45, 7) is 18.0. The molecule has 0 atom stereocenters. The van der Waals surface area contributed by atoms with E-state index >= 15 is 0 Å². The molecule has 1 aromatic rings. The van der Waals surface area contributed by atoms with Crippen molar-refractivity contribution < 1.29 is 5.11 Å². The molecule has 0 amide bonds. The standard InChI is InChI=1S/C10H14O.3C2H6/c1-4-9-5-7(2)10(11)8(3)6-9;3*1-2/h5-6,11H,4H2,1-3H3;3*1-2H3. The fourth-order valence-corrected chi connectivity index (χ4v) is 1.25. The van der Waals surface area contributed by atoms with Crippen LogP contribution in [-0.2, 0) is 6.42 Å². The van der Waals surface area contributed by atoms with E-state index < -0.39 is 0 Å². The van der Waals surface area contributed by atoms with Crippen molar-refractivity contribution in [3.05, 3.63) is 28.8 Å². The summed E-state index contributed by atoms with van der Waals surface area (Å²) in [5.74, 6) is 0.433. The van der Waals surface area contributed by atoms with Gasteiger partial charge in [0.25, 0.3) is 0 Å². The van der Waals surface area contributed by atoms with Gasteiger partial charge in [0.15, 0.2) is 0 Å². The van der Waals surface area contributed by atoms with Crippen LogP contribution in [0.2, 0.25) is 0 Å². The van der Waals surface area contributed by atoms with Gasteiger partial charge in [0.2, 0.25) is 0 Å². The summed E-state index contributed by atoms with van der Waals surface area (Å²) >= 11 is 0. The molecule has 0 aromatic heterocycles. The Hall–Kier alpha value is -0.980. The minimum atomic E-state index is 0.433. The predicted octanol–water partition coefficient (Wildman–Crippen LogP) is 5.65. The lowest BCUT2D eigenvalue weighted by atomic mass is 10.0. The Labute approximate surface area is 109 Å². The summed E-state index contributed by atoms with van der Waals surface area (Å²) in [4.78, 5) is 0. The molecule has 0 radical (unpaired) electrons. The van der Waals surface area contributed by atoms with Crippen LogP contribution in [0.1, 0.15) is 65.2 Å². The Morgan fingerprint density at radius 2 is 1.12 bits per heavy atom. The highest BCUT2D eigenvalue weighted by atomic mass is 16.3. The number of aromatic hydroxyl groups is 1. The Morgan fingerprint density at radius 3 is 1.35 bits per heavy atom. The lowest BCUT2D eigenvalue weighted by Gasteiger charge is -2.05. The molecule has 0 spiro atoms. The molecule has 0 bridgehead atoms. The topological polar surface area (TPSA) is 20.2 Å². The summed E-state index contributed by atoms with van der Waals surface area (Å²) in [6.07, 6.45) is 1.03. The number of rotatable bonds is 1. The largest absolute Gasteiger partial charge is 0.507 e. The van der Waals surface area contributed by atoms with Crippen LogP contribution >= 0.6 is 0 Å². The highest BCUT2D eigenvalue weighted by Crippen LogP contribution is 2.22. The molecule has 17 heavy (non-hydrogen) atoms. The van der Waals surface area contributed by atoms with Crippen molar-refractivity contribution in [2.75, 3.05) is 0 Å². The van der Waals surface area contributed by atoms with Crippen molar-refractivity contribution in [2.24, 2.45) is 0 Å². The van der Waals surface area contributed by atoms with Gasteiger partial charge in [0.1, 0.15) is 5.75 Å². The molecule has 1 heteroatoms. The Bertz CT molecular complexity index is 241. The maximum atomic E-state index is 9.43. The average Bonchev–Trinajstić information content (AvgIpc) is 2.42. The van der Waals surface area contributed by atoms with Crippen LogP contribution in [0, 0.1) is 13.8 Å². The highest BCUT2D eigenvalue weighted by Gasteiger charge is 2.00. The first-order valence-electron chi connectivity index (χ1n) is 6.94. The molecule has 0 aliphatic heterocycles. The fourth-order valence-electron chi connectivity index (χ4n) is 1.25. The zero-order chi connectivity index (χ0) is 14.4. The first-order valence-corrected chi connectivity index (χ1v) is 6.94. The number of aryl methyl sites for hydroxylation is 3. The van der Waals surface area contributed by atoms with E-state index in [1.807, 2.05) is 67.5 Å². The zero-order valence-electron chi connectivity index (χ0n) is 13.3. The molecule has 0 heterocycles. The van der Waals surface area contributed by atoms with Gasteiger partial charge in [-0.15, -0.1) is 0 Å². The van der Waals surface area contributed by atoms with Crippen LogP contribution < -0.4 is 0 Å². The van der Waals surface area contributed by atoms with Crippen molar-refractivity contribution in [2.45, 2.75) is 68.7 Å². The normalized spacial score (nSPS) is 7.59. The van der Waals surface area contributed by atoms with Crippen molar-refractivity contribution in [3.63, 3.8) is 0 Å². The number of phenols is 1. The van der Waals surface area contributed by atoms with Crippen molar-refractivity contribution in [1.82, 2.24) is 0 Å². The molecule has 1 rings (SSSR count). The summed E-state index contributed by atoms with van der Waals surface area (Å²) in [7, 11) is 0. The van der Waals surface area contributed by atoms with Crippen LogP contribution in [0.15, 0.2) is 12.1 Å². The van der Waals surface area contributed by atoms with E-state index in [1.165, 1.54) is 5.56 Å². The summed E-state index contributed by atoms with van der Waals surface area (Å²) in [6, 6.07) is 4.06. The monoisotopic (exact) mass is 240 g/mol. The summed E-state index contributed by atoms with van der Waals surface area (Å²) < 4.78 is 0. The van der Waals surface area contributed by atoms with Gasteiger partial charge in [-0.2, -0.15) is 0 Å². The molecule has 0 saturated heterocycles. The molecule has 0 aliphatic rings. The molecule has 1 nitrogen and oxygen atoms in total. The van der Waals surface area contributed by atoms with E-state index in [9.17, 15) is 5.11 Å². The third-order valence-electron chi connectivity index (χ3n) is 1.96. The van der Waals surface area contributed by atoms with E-state index in [-0.39, 0.29) is 0 Å². The SMILES string of the molecule is CC.CC.CC.CCc1cc(C)c(O)c(C)c1. The van der Waals surface area contributed by atoms with Crippen molar-refractivity contribution in [3.8, 4) is 5.75 Å². The molecule has 0 saturated carbocycles. The van der Waals surface area contributed by atoms with Crippen molar-refractivity contribution in [1.29, 1.82) is 0 Å². The van der Waals surface area contributed by atoms with Gasteiger partial charge in [-0.3, -0.25) is 0 Å². The highest BCUT2D eigenvalue weighted by molar-refractivity contribution is 5.41. The second kappa shape index (κ2) is 15.0. The lowest BCUT2D eigenvalue weighted by Crippen LogP contribution is -1.85. The minimum Gasteiger partial charge on any atom is -0.507 e. The number of hydrogen-bond acceptors (Lipinski definition) is 1. The predicted molar refractivity (Wildman–Crippen MR) is 81.0 cm³/mol. The van der Waals surface area contributed by atoms with Gasteiger partial charge >= 0.3 is 0 Å². The van der Waals surface area contributed by atoms with E-state index in [0.29, 0.717) is 5.75 Å². The third-order valence-corrected chi connectivity index (χ3v) is 1.96. The molecule has 102 valence electrons. The fraction of sp³-hybridized carbons (Fsp3) is 0.625. The maximum Gasteiger partial charge on any atom is 0.121 e. The molecular formula is C16H32O. The second-order valence-corrected chi connectivity index (χ2v) is 2.93. The molecule has 0 aliphatic carbocycles.